The first-order valence-electron chi connectivity index (χ1n) is 6.77. The molecule has 0 saturated carbocycles. The molecule has 2 aromatic carbocycles. The van der Waals surface area contributed by atoms with Gasteiger partial charge >= 0.3 is 5.97 Å². The van der Waals surface area contributed by atoms with E-state index >= 15 is 0 Å². The molecule has 4 heteroatoms. The fourth-order valence-corrected chi connectivity index (χ4v) is 2.16. The van der Waals surface area contributed by atoms with Gasteiger partial charge in [0.2, 0.25) is 0 Å². The summed E-state index contributed by atoms with van der Waals surface area (Å²) in [5, 5.41) is 0. The summed E-state index contributed by atoms with van der Waals surface area (Å²) < 4.78 is 15.6. The minimum atomic E-state index is -0.435. The number of hydrogen-bond donors (Lipinski definition) is 0. The van der Waals surface area contributed by atoms with Crippen LogP contribution in [0, 0.1) is 0 Å². The van der Waals surface area contributed by atoms with Crippen LogP contribution in [-0.2, 0) is 9.53 Å². The Hall–Kier alpha value is -2.75. The van der Waals surface area contributed by atoms with Gasteiger partial charge in [-0.1, -0.05) is 36.4 Å². The number of carbonyl (C=O) groups is 1. The maximum Gasteiger partial charge on any atom is 0.338 e. The van der Waals surface area contributed by atoms with Crippen LogP contribution in [0.15, 0.2) is 48.5 Å². The Balaban J connectivity index is 2.60. The molecule has 0 spiro atoms. The highest BCUT2D eigenvalue weighted by molar-refractivity contribution is 6.22. The van der Waals surface area contributed by atoms with E-state index in [1.54, 1.807) is 26.4 Å². The summed E-state index contributed by atoms with van der Waals surface area (Å²) >= 11 is 0. The number of rotatable bonds is 5. The zero-order chi connectivity index (χ0) is 15.9. The van der Waals surface area contributed by atoms with Gasteiger partial charge in [0, 0.05) is 11.1 Å². The van der Waals surface area contributed by atoms with E-state index in [2.05, 4.69) is 0 Å². The number of ether oxygens (including phenoxy) is 3. The molecule has 0 N–H and O–H groups in total. The zero-order valence-electron chi connectivity index (χ0n) is 12.8. The summed E-state index contributed by atoms with van der Waals surface area (Å²) in [5.41, 5.74) is 1.86. The van der Waals surface area contributed by atoms with Crippen molar-refractivity contribution in [3.63, 3.8) is 0 Å². The van der Waals surface area contributed by atoms with Gasteiger partial charge in [-0.25, -0.2) is 4.79 Å². The van der Waals surface area contributed by atoms with E-state index in [0.717, 1.165) is 5.56 Å². The van der Waals surface area contributed by atoms with Crippen molar-refractivity contribution < 1.29 is 19.0 Å². The fourth-order valence-electron chi connectivity index (χ4n) is 2.16. The molecule has 0 radical (unpaired) electrons. The van der Waals surface area contributed by atoms with Crippen LogP contribution in [-0.4, -0.2) is 27.3 Å². The van der Waals surface area contributed by atoms with Gasteiger partial charge in [-0.15, -0.1) is 0 Å². The molecule has 4 nitrogen and oxygen atoms in total. The van der Waals surface area contributed by atoms with E-state index in [4.69, 9.17) is 14.2 Å². The van der Waals surface area contributed by atoms with Crippen LogP contribution >= 0.6 is 0 Å². The van der Waals surface area contributed by atoms with Crippen LogP contribution in [0.2, 0.25) is 0 Å². The van der Waals surface area contributed by atoms with Crippen LogP contribution in [0.25, 0.3) is 11.6 Å². The van der Waals surface area contributed by atoms with Gasteiger partial charge in [0.05, 0.1) is 26.9 Å². The molecule has 0 aliphatic rings. The van der Waals surface area contributed by atoms with Crippen molar-refractivity contribution in [1.82, 2.24) is 0 Å². The van der Waals surface area contributed by atoms with Gasteiger partial charge in [0.15, 0.2) is 0 Å². The van der Waals surface area contributed by atoms with Gasteiger partial charge in [-0.2, -0.15) is 0 Å². The second kappa shape index (κ2) is 7.31. The lowest BCUT2D eigenvalue weighted by molar-refractivity contribution is -0.133. The third-order valence-corrected chi connectivity index (χ3v) is 3.24. The molecule has 2 aromatic rings. The molecular weight excluding hydrogens is 280 g/mol. The Bertz CT molecular complexity index is 689. The molecule has 2 rings (SSSR count). The highest BCUT2D eigenvalue weighted by atomic mass is 16.5. The topological polar surface area (TPSA) is 44.8 Å². The van der Waals surface area contributed by atoms with Crippen molar-refractivity contribution in [2.75, 3.05) is 21.3 Å². The normalized spacial score (nSPS) is 11.0. The average molecular weight is 298 g/mol. The number of hydrogen-bond acceptors (Lipinski definition) is 4. The lowest BCUT2D eigenvalue weighted by Crippen LogP contribution is -2.05. The van der Waals surface area contributed by atoms with E-state index in [1.165, 1.54) is 7.11 Å². The van der Waals surface area contributed by atoms with E-state index in [0.29, 0.717) is 22.6 Å². The van der Waals surface area contributed by atoms with Crippen molar-refractivity contribution in [1.29, 1.82) is 0 Å². The van der Waals surface area contributed by atoms with E-state index in [-0.39, 0.29) is 0 Å². The SMILES string of the molecule is COC(=O)/C(=C/c1ccccc1OC)c1ccccc1OC. The molecule has 22 heavy (non-hydrogen) atoms. The van der Waals surface area contributed by atoms with Gasteiger partial charge < -0.3 is 14.2 Å². The Morgan fingerprint density at radius 2 is 1.45 bits per heavy atom. The second-order valence-electron chi connectivity index (χ2n) is 4.49. The Kier molecular flexibility index (Phi) is 5.20. The summed E-state index contributed by atoms with van der Waals surface area (Å²) in [5.74, 6) is 0.850. The number of benzene rings is 2. The molecule has 0 unspecified atom stereocenters. The Morgan fingerprint density at radius 3 is 2.09 bits per heavy atom. The summed E-state index contributed by atoms with van der Waals surface area (Å²) in [6, 6.07) is 14.8. The van der Waals surface area contributed by atoms with Crippen molar-refractivity contribution in [3.05, 3.63) is 59.7 Å². The molecular formula is C18H18O4. The van der Waals surface area contributed by atoms with E-state index in [1.807, 2.05) is 42.5 Å². The minimum Gasteiger partial charge on any atom is -0.496 e. The molecule has 0 heterocycles. The zero-order valence-corrected chi connectivity index (χ0v) is 12.8. The van der Waals surface area contributed by atoms with Crippen LogP contribution < -0.4 is 9.47 Å². The summed E-state index contributed by atoms with van der Waals surface area (Å²) in [4.78, 5) is 12.2. The minimum absolute atomic E-state index is 0.407. The van der Waals surface area contributed by atoms with Crippen LogP contribution in [0.1, 0.15) is 11.1 Å². The van der Waals surface area contributed by atoms with Gasteiger partial charge in [0.1, 0.15) is 11.5 Å². The molecule has 0 bridgehead atoms. The van der Waals surface area contributed by atoms with Gasteiger partial charge in [-0.05, 0) is 18.2 Å². The predicted molar refractivity (Wildman–Crippen MR) is 85.9 cm³/mol. The van der Waals surface area contributed by atoms with E-state index < -0.39 is 5.97 Å². The number of esters is 1. The molecule has 0 aliphatic heterocycles. The van der Waals surface area contributed by atoms with Crippen molar-refractivity contribution >= 4 is 17.6 Å². The van der Waals surface area contributed by atoms with Crippen molar-refractivity contribution in [3.8, 4) is 11.5 Å². The molecule has 0 atom stereocenters. The number of para-hydroxylation sites is 2. The summed E-state index contributed by atoms with van der Waals surface area (Å²) in [7, 11) is 4.51. The summed E-state index contributed by atoms with van der Waals surface area (Å²) in [6.45, 7) is 0. The van der Waals surface area contributed by atoms with E-state index in [9.17, 15) is 4.79 Å². The average Bonchev–Trinajstić information content (AvgIpc) is 2.59. The van der Waals surface area contributed by atoms with Crippen LogP contribution in [0.3, 0.4) is 0 Å². The maximum absolute atomic E-state index is 12.2. The highest BCUT2D eigenvalue weighted by Crippen LogP contribution is 2.30. The summed E-state index contributed by atoms with van der Waals surface area (Å²) in [6.07, 6.45) is 1.74. The number of carbonyl (C=O) groups excluding carboxylic acids is 1. The second-order valence-corrected chi connectivity index (χ2v) is 4.49. The maximum atomic E-state index is 12.2. The first-order chi connectivity index (χ1) is 10.7. The van der Waals surface area contributed by atoms with Gasteiger partial charge in [-0.3, -0.25) is 0 Å². The molecule has 0 aliphatic carbocycles. The predicted octanol–water partition coefficient (Wildman–Crippen LogP) is 3.42. The number of methoxy groups -OCH3 is 3. The third-order valence-electron chi connectivity index (χ3n) is 3.24. The van der Waals surface area contributed by atoms with Crippen LogP contribution in [0.4, 0.5) is 0 Å². The Labute approximate surface area is 129 Å². The molecule has 114 valence electrons. The van der Waals surface area contributed by atoms with Crippen LogP contribution in [0.5, 0.6) is 11.5 Å². The fraction of sp³-hybridized carbons (Fsp3) is 0.167. The molecule has 0 saturated heterocycles. The largest absolute Gasteiger partial charge is 0.496 e. The smallest absolute Gasteiger partial charge is 0.338 e. The first kappa shape index (κ1) is 15.6. The quantitative estimate of drug-likeness (QED) is 0.482. The lowest BCUT2D eigenvalue weighted by atomic mass is 10.0. The van der Waals surface area contributed by atoms with Crippen molar-refractivity contribution in [2.24, 2.45) is 0 Å². The van der Waals surface area contributed by atoms with Crippen molar-refractivity contribution in [2.45, 2.75) is 0 Å². The molecule has 0 fully saturated rings. The molecule has 0 aromatic heterocycles. The van der Waals surface area contributed by atoms with Gasteiger partial charge in [0.25, 0.3) is 0 Å². The Morgan fingerprint density at radius 1 is 0.864 bits per heavy atom. The standard InChI is InChI=1S/C18H18O4/c1-20-16-10-6-4-8-13(16)12-15(18(19)22-3)14-9-5-7-11-17(14)21-2/h4-12H,1-3H3/b15-12+. The lowest BCUT2D eigenvalue weighted by Gasteiger charge is -2.12. The molecule has 0 amide bonds. The third kappa shape index (κ3) is 3.28. The monoisotopic (exact) mass is 298 g/mol. The highest BCUT2D eigenvalue weighted by Gasteiger charge is 2.17. The first-order valence-corrected chi connectivity index (χ1v) is 6.77.